The van der Waals surface area contributed by atoms with Crippen molar-refractivity contribution in [2.75, 3.05) is 31.2 Å². The van der Waals surface area contributed by atoms with E-state index in [0.717, 1.165) is 31.2 Å². The van der Waals surface area contributed by atoms with Crippen molar-refractivity contribution in [3.05, 3.63) is 52.9 Å². The van der Waals surface area contributed by atoms with Crippen LogP contribution in [0.2, 0.25) is 0 Å². The molecule has 0 atom stereocenters. The molecular weight excluding hydrogens is 340 g/mol. The molecule has 1 saturated heterocycles. The summed E-state index contributed by atoms with van der Waals surface area (Å²) in [6, 6.07) is 14.3. The first-order valence-electron chi connectivity index (χ1n) is 7.84. The second-order valence-electron chi connectivity index (χ2n) is 5.31. The molecule has 2 aromatic rings. The number of hydrogen-bond donors (Lipinski definition) is 2. The lowest BCUT2D eigenvalue weighted by Crippen LogP contribution is -2.35. The molecule has 7 heteroatoms. The van der Waals surface area contributed by atoms with Crippen LogP contribution >= 0.6 is 23.6 Å². The Balaban J connectivity index is 1.44. The summed E-state index contributed by atoms with van der Waals surface area (Å²) in [7, 11) is 0. The minimum atomic E-state index is 0.514. The van der Waals surface area contributed by atoms with Gasteiger partial charge >= 0.3 is 0 Å². The average Bonchev–Trinajstić information content (AvgIpc) is 3.11. The third-order valence-electron chi connectivity index (χ3n) is 3.59. The highest BCUT2D eigenvalue weighted by atomic mass is 32.1. The Morgan fingerprint density at radius 1 is 1.21 bits per heavy atom. The molecule has 0 saturated carbocycles. The summed E-state index contributed by atoms with van der Waals surface area (Å²) in [5.41, 5.74) is 4.03. The van der Waals surface area contributed by atoms with Crippen LogP contribution in [0, 0.1) is 0 Å². The van der Waals surface area contributed by atoms with Gasteiger partial charge in [-0.05, 0) is 29.9 Å². The fraction of sp³-hybridized carbons (Fsp3) is 0.294. The minimum absolute atomic E-state index is 0.514. The van der Waals surface area contributed by atoms with Gasteiger partial charge in [-0.15, -0.1) is 11.3 Å². The van der Waals surface area contributed by atoms with Crippen LogP contribution in [0.4, 0.5) is 5.00 Å². The zero-order chi connectivity index (χ0) is 16.6. The molecule has 1 aromatic heterocycles. The van der Waals surface area contributed by atoms with Crippen LogP contribution in [0.25, 0.3) is 0 Å². The number of nitrogens with one attached hydrogen (secondary N) is 2. The molecule has 0 bridgehead atoms. The SMILES string of the molecule is S=C(NCc1ccccc1)N/N=C\c1ccc(N2CCOCC2)s1. The summed E-state index contributed by atoms with van der Waals surface area (Å²) in [6.07, 6.45) is 1.80. The van der Waals surface area contributed by atoms with Gasteiger partial charge in [0.05, 0.1) is 24.4 Å². The lowest BCUT2D eigenvalue weighted by Gasteiger charge is -2.27. The van der Waals surface area contributed by atoms with Gasteiger partial charge in [0.15, 0.2) is 5.11 Å². The van der Waals surface area contributed by atoms with Crippen molar-refractivity contribution in [2.45, 2.75) is 6.54 Å². The van der Waals surface area contributed by atoms with Crippen molar-refractivity contribution >= 4 is 39.9 Å². The number of ether oxygens (including phenoxy) is 1. The normalized spacial score (nSPS) is 14.8. The molecule has 1 fully saturated rings. The molecule has 0 radical (unpaired) electrons. The van der Waals surface area contributed by atoms with E-state index in [9.17, 15) is 0 Å². The third kappa shape index (κ3) is 5.02. The van der Waals surface area contributed by atoms with Crippen molar-refractivity contribution in [1.29, 1.82) is 0 Å². The van der Waals surface area contributed by atoms with Gasteiger partial charge in [-0.1, -0.05) is 30.3 Å². The van der Waals surface area contributed by atoms with Gasteiger partial charge in [-0.3, -0.25) is 5.43 Å². The Kier molecular flexibility index (Phi) is 6.17. The van der Waals surface area contributed by atoms with Crippen molar-refractivity contribution < 1.29 is 4.74 Å². The van der Waals surface area contributed by atoms with Crippen LogP contribution in [0.1, 0.15) is 10.4 Å². The molecule has 0 amide bonds. The first kappa shape index (κ1) is 16.9. The molecule has 0 unspecified atom stereocenters. The molecular formula is C17H20N4OS2. The lowest BCUT2D eigenvalue weighted by molar-refractivity contribution is 0.123. The standard InChI is InChI=1S/C17H20N4OS2/c23-17(18-12-14-4-2-1-3-5-14)20-19-13-15-6-7-16(24-15)21-8-10-22-11-9-21/h1-7,13H,8-12H2,(H2,18,20,23)/b19-13-. The maximum Gasteiger partial charge on any atom is 0.187 e. The van der Waals surface area contributed by atoms with E-state index in [1.54, 1.807) is 17.6 Å². The molecule has 5 nitrogen and oxygen atoms in total. The monoisotopic (exact) mass is 360 g/mol. The summed E-state index contributed by atoms with van der Waals surface area (Å²) < 4.78 is 5.38. The quantitative estimate of drug-likeness (QED) is 0.488. The van der Waals surface area contributed by atoms with Crippen LogP contribution in [0.5, 0.6) is 0 Å². The summed E-state index contributed by atoms with van der Waals surface area (Å²) in [4.78, 5) is 3.43. The van der Waals surface area contributed by atoms with Crippen LogP contribution in [0.15, 0.2) is 47.6 Å². The second-order valence-corrected chi connectivity index (χ2v) is 6.82. The van der Waals surface area contributed by atoms with E-state index < -0.39 is 0 Å². The van der Waals surface area contributed by atoms with Crippen LogP contribution in [-0.4, -0.2) is 37.6 Å². The van der Waals surface area contributed by atoms with Gasteiger partial charge < -0.3 is 15.0 Å². The molecule has 2 N–H and O–H groups in total. The lowest BCUT2D eigenvalue weighted by atomic mass is 10.2. The molecule has 126 valence electrons. The Morgan fingerprint density at radius 2 is 2.00 bits per heavy atom. The van der Waals surface area contributed by atoms with Crippen molar-refractivity contribution in [3.8, 4) is 0 Å². The van der Waals surface area contributed by atoms with E-state index in [4.69, 9.17) is 17.0 Å². The average molecular weight is 361 g/mol. The molecule has 24 heavy (non-hydrogen) atoms. The number of hydrazone groups is 1. The highest BCUT2D eigenvalue weighted by Crippen LogP contribution is 2.25. The predicted molar refractivity (Wildman–Crippen MR) is 104 cm³/mol. The van der Waals surface area contributed by atoms with E-state index in [1.807, 2.05) is 18.2 Å². The predicted octanol–water partition coefficient (Wildman–Crippen LogP) is 2.58. The van der Waals surface area contributed by atoms with Gasteiger partial charge in [0, 0.05) is 24.5 Å². The van der Waals surface area contributed by atoms with Crippen LogP contribution in [-0.2, 0) is 11.3 Å². The summed E-state index contributed by atoms with van der Waals surface area (Å²) in [6.45, 7) is 4.17. The topological polar surface area (TPSA) is 48.9 Å². The van der Waals surface area contributed by atoms with Gasteiger partial charge in [-0.25, -0.2) is 0 Å². The van der Waals surface area contributed by atoms with Crippen molar-refractivity contribution in [2.24, 2.45) is 5.10 Å². The van der Waals surface area contributed by atoms with E-state index in [2.05, 4.69) is 45.0 Å². The molecule has 2 heterocycles. The molecule has 0 aliphatic carbocycles. The zero-order valence-electron chi connectivity index (χ0n) is 13.3. The Morgan fingerprint density at radius 3 is 2.79 bits per heavy atom. The summed E-state index contributed by atoms with van der Waals surface area (Å²) >= 11 is 6.94. The molecule has 0 spiro atoms. The molecule has 1 aliphatic heterocycles. The van der Waals surface area contributed by atoms with E-state index in [-0.39, 0.29) is 0 Å². The Hall–Kier alpha value is -1.96. The zero-order valence-corrected chi connectivity index (χ0v) is 14.9. The number of morpholine rings is 1. The van der Waals surface area contributed by atoms with Gasteiger partial charge in [0.25, 0.3) is 0 Å². The number of thiophene rings is 1. The smallest absolute Gasteiger partial charge is 0.187 e. The van der Waals surface area contributed by atoms with Crippen molar-refractivity contribution in [1.82, 2.24) is 10.7 Å². The maximum atomic E-state index is 5.38. The summed E-state index contributed by atoms with van der Waals surface area (Å²) in [5.74, 6) is 0. The van der Waals surface area contributed by atoms with Crippen molar-refractivity contribution in [3.63, 3.8) is 0 Å². The Labute approximate surface area is 151 Å². The molecule has 1 aromatic carbocycles. The fourth-order valence-corrected chi connectivity index (χ4v) is 3.39. The molecule has 1 aliphatic rings. The number of benzene rings is 1. The van der Waals surface area contributed by atoms with E-state index >= 15 is 0 Å². The molecule has 3 rings (SSSR count). The second kappa shape index (κ2) is 8.77. The van der Waals surface area contributed by atoms with Gasteiger partial charge in [0.1, 0.15) is 0 Å². The number of thiocarbonyl (C=S) groups is 1. The van der Waals surface area contributed by atoms with E-state index in [0.29, 0.717) is 11.7 Å². The highest BCUT2D eigenvalue weighted by Gasteiger charge is 2.12. The maximum absolute atomic E-state index is 5.38. The first-order chi connectivity index (χ1) is 11.8. The van der Waals surface area contributed by atoms with Crippen LogP contribution < -0.4 is 15.6 Å². The van der Waals surface area contributed by atoms with Crippen LogP contribution in [0.3, 0.4) is 0 Å². The van der Waals surface area contributed by atoms with E-state index in [1.165, 1.54) is 10.6 Å². The summed E-state index contributed by atoms with van der Waals surface area (Å²) in [5, 5.41) is 9.10. The number of nitrogens with zero attached hydrogens (tertiary/aromatic N) is 2. The Bertz CT molecular complexity index is 681. The highest BCUT2D eigenvalue weighted by molar-refractivity contribution is 7.80. The van der Waals surface area contributed by atoms with Gasteiger partial charge in [-0.2, -0.15) is 5.10 Å². The van der Waals surface area contributed by atoms with Gasteiger partial charge in [0.2, 0.25) is 0 Å². The number of rotatable bonds is 5. The number of anilines is 1. The third-order valence-corrected chi connectivity index (χ3v) is 4.91. The largest absolute Gasteiger partial charge is 0.378 e. The minimum Gasteiger partial charge on any atom is -0.378 e. The number of hydrogen-bond acceptors (Lipinski definition) is 5. The fourth-order valence-electron chi connectivity index (χ4n) is 2.34. The first-order valence-corrected chi connectivity index (χ1v) is 9.07.